The molecule has 2 aromatic heterocycles. The minimum absolute atomic E-state index is 0.00485. The molecule has 5 rings (SSSR count). The third-order valence-corrected chi connectivity index (χ3v) is 8.00. The number of benzene rings is 1. The Labute approximate surface area is 222 Å². The molecule has 10 heteroatoms. The van der Waals surface area contributed by atoms with Crippen molar-refractivity contribution in [3.05, 3.63) is 52.2 Å². The van der Waals surface area contributed by atoms with E-state index >= 15 is 0 Å². The predicted octanol–water partition coefficient (Wildman–Crippen LogP) is 3.62. The minimum atomic E-state index is -0.351. The van der Waals surface area contributed by atoms with Gasteiger partial charge in [0.05, 0.1) is 36.7 Å². The molecule has 9 nitrogen and oxygen atoms in total. The molecule has 0 amide bonds. The Kier molecular flexibility index (Phi) is 7.41. The van der Waals surface area contributed by atoms with Gasteiger partial charge in [-0.15, -0.1) is 0 Å². The van der Waals surface area contributed by atoms with Gasteiger partial charge < -0.3 is 18.9 Å². The smallest absolute Gasteiger partial charge is 0.252 e. The van der Waals surface area contributed by atoms with Crippen LogP contribution in [0.15, 0.2) is 35.3 Å². The summed E-state index contributed by atoms with van der Waals surface area (Å²) in [4.78, 5) is 17.6. The average Bonchev–Trinajstić information content (AvgIpc) is 3.32. The minimum Gasteiger partial charge on any atom is -0.483 e. The standard InChI is InChI=1S/C28H35FN6O3/c1-5-20-14-35(24-12-27(36)32(4)25-15-33(10-9-30)31-28(24)25)21(6-2)13-34(20)18(3)19-7-8-26(23(29)11-19)38-22-16-37-17-22/h7-8,11-12,15,18,20-22H,5-6,10,13-14,16-17H2,1-4H3/t18-,20+,21-/m0/s1. The van der Waals surface area contributed by atoms with E-state index in [1.807, 2.05) is 6.07 Å². The molecular weight excluding hydrogens is 487 g/mol. The monoisotopic (exact) mass is 522 g/mol. The van der Waals surface area contributed by atoms with Gasteiger partial charge in [0, 0.05) is 44.3 Å². The quantitative estimate of drug-likeness (QED) is 0.447. The number of piperazine rings is 1. The Morgan fingerprint density at radius 2 is 1.97 bits per heavy atom. The number of nitriles is 1. The van der Waals surface area contributed by atoms with Gasteiger partial charge >= 0.3 is 0 Å². The second-order valence-corrected chi connectivity index (χ2v) is 10.3. The van der Waals surface area contributed by atoms with Gasteiger partial charge in [0.15, 0.2) is 11.6 Å². The maximum Gasteiger partial charge on any atom is 0.252 e. The molecule has 2 aliphatic rings. The zero-order valence-electron chi connectivity index (χ0n) is 22.4. The number of hydrogen-bond acceptors (Lipinski definition) is 7. The fourth-order valence-corrected chi connectivity index (χ4v) is 5.59. The van der Waals surface area contributed by atoms with E-state index in [0.29, 0.717) is 18.7 Å². The molecule has 0 bridgehead atoms. The van der Waals surface area contributed by atoms with Gasteiger partial charge in [-0.25, -0.2) is 4.39 Å². The van der Waals surface area contributed by atoms with Crippen molar-refractivity contribution in [2.24, 2.45) is 7.05 Å². The molecule has 38 heavy (non-hydrogen) atoms. The number of aryl methyl sites for hydroxylation is 1. The molecule has 0 N–H and O–H groups in total. The predicted molar refractivity (Wildman–Crippen MR) is 143 cm³/mol. The molecular formula is C28H35FN6O3. The van der Waals surface area contributed by atoms with Crippen molar-refractivity contribution < 1.29 is 13.9 Å². The first-order valence-electron chi connectivity index (χ1n) is 13.3. The summed E-state index contributed by atoms with van der Waals surface area (Å²) in [5, 5.41) is 13.8. The van der Waals surface area contributed by atoms with E-state index in [4.69, 9.17) is 14.7 Å². The topological polar surface area (TPSA) is 88.5 Å². The Balaban J connectivity index is 1.43. The fourth-order valence-electron chi connectivity index (χ4n) is 5.59. The van der Waals surface area contributed by atoms with Crippen LogP contribution in [0.4, 0.5) is 10.1 Å². The lowest BCUT2D eigenvalue weighted by Gasteiger charge is -2.49. The van der Waals surface area contributed by atoms with Crippen LogP contribution in [0.1, 0.15) is 45.2 Å². The van der Waals surface area contributed by atoms with Gasteiger partial charge in [-0.3, -0.25) is 14.4 Å². The van der Waals surface area contributed by atoms with E-state index in [1.165, 1.54) is 0 Å². The van der Waals surface area contributed by atoms with Crippen molar-refractivity contribution in [3.63, 3.8) is 0 Å². The summed E-state index contributed by atoms with van der Waals surface area (Å²) in [5.74, 6) is -0.0847. The van der Waals surface area contributed by atoms with Crippen LogP contribution < -0.4 is 15.2 Å². The van der Waals surface area contributed by atoms with Crippen LogP contribution in [0.5, 0.6) is 5.75 Å². The maximum absolute atomic E-state index is 14.9. The van der Waals surface area contributed by atoms with E-state index in [0.717, 1.165) is 42.7 Å². The molecule has 4 heterocycles. The molecule has 3 aromatic rings. The molecule has 0 radical (unpaired) electrons. The summed E-state index contributed by atoms with van der Waals surface area (Å²) < 4.78 is 28.9. The van der Waals surface area contributed by atoms with Gasteiger partial charge in [0.25, 0.3) is 5.56 Å². The zero-order valence-corrected chi connectivity index (χ0v) is 22.4. The zero-order chi connectivity index (χ0) is 27.0. The summed E-state index contributed by atoms with van der Waals surface area (Å²) in [6.45, 7) is 9.04. The Morgan fingerprint density at radius 1 is 1.21 bits per heavy atom. The number of fused-ring (bicyclic) bond motifs is 1. The highest BCUT2D eigenvalue weighted by Crippen LogP contribution is 2.35. The van der Waals surface area contributed by atoms with E-state index in [9.17, 15) is 9.18 Å². The van der Waals surface area contributed by atoms with E-state index in [2.05, 4.69) is 41.7 Å². The van der Waals surface area contributed by atoms with Crippen molar-refractivity contribution in [3.8, 4) is 11.8 Å². The van der Waals surface area contributed by atoms with E-state index < -0.39 is 0 Å². The van der Waals surface area contributed by atoms with Crippen LogP contribution in [-0.2, 0) is 18.3 Å². The number of nitrogens with zero attached hydrogens (tertiary/aromatic N) is 6. The SMILES string of the molecule is CC[C@H]1CN([C@@H](C)c2ccc(OC3COC3)c(F)c2)[C@H](CC)CN1c1cc(=O)n(C)c2cn(CC#N)nc12. The molecule has 1 aromatic carbocycles. The Hall–Kier alpha value is -3.42. The summed E-state index contributed by atoms with van der Waals surface area (Å²) >= 11 is 0. The molecule has 2 aliphatic heterocycles. The Bertz CT molecular complexity index is 1410. The number of ether oxygens (including phenoxy) is 2. The number of hydrogen-bond donors (Lipinski definition) is 0. The van der Waals surface area contributed by atoms with Crippen LogP contribution in [0.2, 0.25) is 0 Å². The second-order valence-electron chi connectivity index (χ2n) is 10.3. The molecule has 202 valence electrons. The number of pyridine rings is 1. The lowest BCUT2D eigenvalue weighted by Crippen LogP contribution is -2.58. The Morgan fingerprint density at radius 3 is 2.61 bits per heavy atom. The van der Waals surface area contributed by atoms with Gasteiger partial charge in [-0.05, 0) is 37.5 Å². The van der Waals surface area contributed by atoms with Crippen molar-refractivity contribution in [2.75, 3.05) is 31.2 Å². The summed E-state index contributed by atoms with van der Waals surface area (Å²) in [6.07, 6.45) is 3.46. The van der Waals surface area contributed by atoms with Gasteiger partial charge in [0.1, 0.15) is 18.2 Å². The third-order valence-electron chi connectivity index (χ3n) is 8.00. The van der Waals surface area contributed by atoms with Crippen LogP contribution in [-0.4, -0.2) is 63.7 Å². The fraction of sp³-hybridized carbons (Fsp3) is 0.536. The van der Waals surface area contributed by atoms with Gasteiger partial charge in [-0.2, -0.15) is 10.4 Å². The molecule has 2 fully saturated rings. The highest BCUT2D eigenvalue weighted by molar-refractivity contribution is 5.88. The number of aromatic nitrogens is 3. The van der Waals surface area contributed by atoms with Crippen molar-refractivity contribution in [1.82, 2.24) is 19.2 Å². The van der Waals surface area contributed by atoms with E-state index in [1.54, 1.807) is 40.7 Å². The largest absolute Gasteiger partial charge is 0.483 e. The summed E-state index contributed by atoms with van der Waals surface area (Å²) in [6, 6.07) is 9.40. The molecule has 0 aliphatic carbocycles. The highest BCUT2D eigenvalue weighted by Gasteiger charge is 2.36. The normalized spacial score (nSPS) is 21.3. The summed E-state index contributed by atoms with van der Waals surface area (Å²) in [5.41, 5.74) is 3.06. The molecule has 0 spiro atoms. The van der Waals surface area contributed by atoms with Crippen molar-refractivity contribution >= 4 is 16.7 Å². The lowest BCUT2D eigenvalue weighted by atomic mass is 9.96. The first-order chi connectivity index (χ1) is 18.3. The lowest BCUT2D eigenvalue weighted by molar-refractivity contribution is -0.0809. The molecule has 0 unspecified atom stereocenters. The maximum atomic E-state index is 14.9. The van der Waals surface area contributed by atoms with Gasteiger partial charge in [-0.1, -0.05) is 19.9 Å². The first-order valence-corrected chi connectivity index (χ1v) is 13.3. The van der Waals surface area contributed by atoms with Crippen LogP contribution in [0, 0.1) is 17.1 Å². The van der Waals surface area contributed by atoms with Crippen molar-refractivity contribution in [1.29, 1.82) is 5.26 Å². The van der Waals surface area contributed by atoms with Crippen LogP contribution in [0.25, 0.3) is 11.0 Å². The van der Waals surface area contributed by atoms with Crippen LogP contribution in [0.3, 0.4) is 0 Å². The van der Waals surface area contributed by atoms with Crippen LogP contribution >= 0.6 is 0 Å². The summed E-state index contributed by atoms with van der Waals surface area (Å²) in [7, 11) is 1.73. The molecule has 0 saturated carbocycles. The first kappa shape index (κ1) is 26.2. The number of anilines is 1. The van der Waals surface area contributed by atoms with E-state index in [-0.39, 0.29) is 47.9 Å². The highest BCUT2D eigenvalue weighted by atomic mass is 19.1. The molecule has 2 saturated heterocycles. The number of rotatable bonds is 8. The van der Waals surface area contributed by atoms with Crippen molar-refractivity contribution in [2.45, 2.75) is 64.4 Å². The average molecular weight is 523 g/mol. The second kappa shape index (κ2) is 10.8. The van der Waals surface area contributed by atoms with Gasteiger partial charge in [0.2, 0.25) is 0 Å². The molecule has 3 atom stereocenters. The third kappa shape index (κ3) is 4.76. The number of halogens is 1.